The molecule has 65 heavy (non-hydrogen) atoms. The Bertz CT molecular complexity index is 1460. The van der Waals surface area contributed by atoms with E-state index in [4.69, 9.17) is 33.2 Å². The zero-order chi connectivity index (χ0) is 43.8. The van der Waals surface area contributed by atoms with Gasteiger partial charge in [-0.25, -0.2) is 0 Å². The van der Waals surface area contributed by atoms with Crippen molar-refractivity contribution in [2.24, 2.45) is 11.5 Å². The van der Waals surface area contributed by atoms with Crippen LogP contribution in [0, 0.1) is 10.1 Å². The Balaban J connectivity index is 0.000000428. The van der Waals surface area contributed by atoms with Gasteiger partial charge in [0.2, 0.25) is 0 Å². The van der Waals surface area contributed by atoms with Crippen LogP contribution < -0.4 is 59.7 Å². The molecule has 0 atom stereocenters. The summed E-state index contributed by atoms with van der Waals surface area (Å²) in [6.07, 6.45) is 0. The normalized spacial score (nSPS) is 28.4. The molecule has 4 bridgehead atoms. The van der Waals surface area contributed by atoms with Crippen LogP contribution in [0.5, 0.6) is 0 Å². The van der Waals surface area contributed by atoms with Crippen molar-refractivity contribution in [3.8, 4) is 0 Å². The first-order chi connectivity index (χ1) is 30.1. The van der Waals surface area contributed by atoms with Gasteiger partial charge >= 0.3 is 0 Å². The van der Waals surface area contributed by atoms with Crippen molar-refractivity contribution >= 4 is 11.4 Å². The molecule has 20 nitrogen and oxygen atoms in total. The van der Waals surface area contributed by atoms with Gasteiger partial charge in [-0.2, -0.15) is 39.3 Å². The molecule has 2 aromatic carbocycles. The van der Waals surface area contributed by atoms with Gasteiger partial charge in [0, 0.05) is 127 Å². The number of nitro benzene ring substituents is 1. The van der Waals surface area contributed by atoms with Crippen molar-refractivity contribution in [2.45, 2.75) is 50.1 Å². The number of hydrogen-bond acceptors (Lipinski definition) is 13. The van der Waals surface area contributed by atoms with E-state index in [9.17, 15) is 10.1 Å². The number of hydrogen-bond donors (Lipinski definition) is 11. The summed E-state index contributed by atoms with van der Waals surface area (Å²) in [6.45, 7) is 18.7. The Morgan fingerprint density at radius 1 is 0.508 bits per heavy atom. The van der Waals surface area contributed by atoms with E-state index in [1.165, 1.54) is 17.7 Å². The molecule has 0 saturated carbocycles. The van der Waals surface area contributed by atoms with E-state index < -0.39 is 16.0 Å². The van der Waals surface area contributed by atoms with Crippen molar-refractivity contribution in [3.05, 3.63) is 102 Å². The van der Waals surface area contributed by atoms with Gasteiger partial charge in [0.1, 0.15) is 0 Å². The van der Waals surface area contributed by atoms with E-state index in [1.54, 1.807) is 12.1 Å². The van der Waals surface area contributed by atoms with Gasteiger partial charge < -0.3 is 91.6 Å². The van der Waals surface area contributed by atoms with Crippen LogP contribution in [0.1, 0.15) is 26.0 Å². The predicted molar refractivity (Wildman–Crippen MR) is 266 cm³/mol. The number of nitrogens with zero attached hydrogens (tertiary/aromatic N) is 7. The molecule has 377 valence electrons. The Hall–Kier alpha value is -2.48. The molecule has 1 radical (unpaired) electrons. The Morgan fingerprint density at radius 3 is 1.20 bits per heavy atom. The van der Waals surface area contributed by atoms with E-state index in [-0.39, 0.29) is 48.7 Å². The fraction of sp³-hybridized carbons (Fsp3) is 0.727. The van der Waals surface area contributed by atoms with Crippen molar-refractivity contribution in [1.29, 1.82) is 0 Å². The fourth-order valence-electron chi connectivity index (χ4n) is 7.71. The van der Waals surface area contributed by atoms with Crippen LogP contribution >= 0.6 is 0 Å². The summed E-state index contributed by atoms with van der Waals surface area (Å²) < 4.78 is 0. The first-order valence-corrected chi connectivity index (χ1v) is 22.3. The second kappa shape index (κ2) is 31.5. The summed E-state index contributed by atoms with van der Waals surface area (Å²) >= 11 is 0. The molecule has 0 spiro atoms. The smallest absolute Gasteiger partial charge is 0.269 e. The molecule has 6 aliphatic heterocycles. The number of nitrogens with one attached hydrogen (secondary N) is 8. The number of benzene rings is 2. The third kappa shape index (κ3) is 22.0. The van der Waals surface area contributed by atoms with Gasteiger partial charge in [0.05, 0.1) is 16.0 Å². The Morgan fingerprint density at radius 2 is 0.831 bits per heavy atom. The fourth-order valence-corrected chi connectivity index (χ4v) is 7.71. The molecule has 6 aliphatic rings. The van der Waals surface area contributed by atoms with Crippen molar-refractivity contribution in [2.75, 3.05) is 163 Å². The van der Waals surface area contributed by atoms with Gasteiger partial charge in [-0.3, -0.25) is 10.1 Å². The largest absolute Gasteiger partial charge is 0.662 e. The molecule has 6 fully saturated rings. The molecule has 0 aromatic heterocycles. The van der Waals surface area contributed by atoms with Crippen molar-refractivity contribution < 1.29 is 22.0 Å². The summed E-state index contributed by atoms with van der Waals surface area (Å²) in [5, 5.41) is 68.0. The minimum atomic E-state index is -0.537. The maximum Gasteiger partial charge on any atom is 0.269 e. The standard InChI is InChI=1S/C21H33N9O2.C21H41N9.2CH4.Cu/c22-20-12-23-5-8-26-15-21(16-27-9-6-24-13-20,17-28-10-7-25-14-20)29-11-18-1-3-19(4-2-18)30(31)32;22-19-3-1-18(2-4-19)11-30-21-15-27-8-5-24-12-20(23,13-25-6-9-28-16-21)14-26-7-10-29-17-21;;;/h1-4,29H,5-17,22H2;1-4,24-30H,5-17,22-23H2;2*1H4;/q-6;;;;. The Labute approximate surface area is 400 Å². The minimum absolute atomic E-state index is 0. The van der Waals surface area contributed by atoms with E-state index in [0.29, 0.717) is 85.1 Å². The minimum Gasteiger partial charge on any atom is -0.662 e. The van der Waals surface area contributed by atoms with Crippen molar-refractivity contribution in [3.63, 3.8) is 0 Å². The number of nitrogens with two attached hydrogens (primary N) is 3. The average molecular weight is 959 g/mol. The molecule has 0 unspecified atom stereocenters. The maximum absolute atomic E-state index is 10.9. The number of nitro groups is 1. The van der Waals surface area contributed by atoms with Crippen LogP contribution in [0.2, 0.25) is 0 Å². The zero-order valence-corrected chi connectivity index (χ0v) is 37.9. The molecule has 6 heterocycles. The molecular weight excluding hydrogens is 876 g/mol. The van der Waals surface area contributed by atoms with Crippen LogP contribution in [0.25, 0.3) is 31.9 Å². The van der Waals surface area contributed by atoms with Crippen LogP contribution in [0.3, 0.4) is 0 Å². The Kier molecular flexibility index (Phi) is 28.5. The topological polar surface area (TPSA) is 302 Å². The molecule has 14 N–H and O–H groups in total. The summed E-state index contributed by atoms with van der Waals surface area (Å²) in [5.41, 5.74) is 20.7. The van der Waals surface area contributed by atoms with E-state index in [2.05, 4.69) is 70.6 Å². The molecule has 2 aromatic rings. The molecule has 21 heteroatoms. The van der Waals surface area contributed by atoms with Crippen LogP contribution in [0.15, 0.2) is 48.5 Å². The SMILES string of the molecule is C.C.NC12C[N-]CC[N-]CC(NCc3ccc([N+](=O)[O-])cc3)(C[N-]CC[N-]C1)C[N-]CC[N-]C2.Nc1ccc(CNC23CNCCNCC(N)(CNCCNC2)CNCCNC3)cc1.[Cu]. The first-order valence-electron chi connectivity index (χ1n) is 22.3. The second-order valence-corrected chi connectivity index (χ2v) is 17.4. The van der Waals surface area contributed by atoms with E-state index >= 15 is 0 Å². The number of anilines is 1. The van der Waals surface area contributed by atoms with Crippen LogP contribution in [-0.4, -0.2) is 184 Å². The van der Waals surface area contributed by atoms with E-state index in [0.717, 1.165) is 96.3 Å². The number of rotatable bonds is 7. The first kappa shape index (κ1) is 58.6. The quantitative estimate of drug-likeness (QED) is 0.0801. The van der Waals surface area contributed by atoms with Gasteiger partial charge in [-0.15, -0.1) is 39.3 Å². The second-order valence-electron chi connectivity index (χ2n) is 17.4. The predicted octanol–water partition coefficient (Wildman–Crippen LogP) is 1.02. The monoisotopic (exact) mass is 958 g/mol. The molecule has 0 aliphatic carbocycles. The van der Waals surface area contributed by atoms with Crippen LogP contribution in [0.4, 0.5) is 11.4 Å². The average Bonchev–Trinajstić information content (AvgIpc) is 3.27. The number of nitrogen functional groups attached to an aromatic ring is 1. The van der Waals surface area contributed by atoms with E-state index in [1.807, 2.05) is 12.1 Å². The summed E-state index contributed by atoms with van der Waals surface area (Å²) in [7, 11) is 0. The number of fused-ring (bicyclic) bond motifs is 30. The van der Waals surface area contributed by atoms with Gasteiger partial charge in [0.25, 0.3) is 5.69 Å². The maximum atomic E-state index is 10.9. The molecule has 6 saturated heterocycles. The van der Waals surface area contributed by atoms with Gasteiger partial charge in [-0.1, -0.05) is 39.1 Å². The zero-order valence-electron chi connectivity index (χ0n) is 37.0. The van der Waals surface area contributed by atoms with Crippen molar-refractivity contribution in [1.82, 2.24) is 42.5 Å². The van der Waals surface area contributed by atoms with Gasteiger partial charge in [0.15, 0.2) is 0 Å². The summed E-state index contributed by atoms with van der Waals surface area (Å²) in [6, 6.07) is 14.7. The molecule has 8 rings (SSSR count). The number of non-ortho nitro benzene ring substituents is 1. The third-order valence-corrected chi connectivity index (χ3v) is 11.5. The summed E-state index contributed by atoms with van der Waals surface area (Å²) in [5.74, 6) is 0. The third-order valence-electron chi connectivity index (χ3n) is 11.5. The van der Waals surface area contributed by atoms with Crippen LogP contribution in [-0.2, 0) is 30.2 Å². The van der Waals surface area contributed by atoms with Gasteiger partial charge in [-0.05, 0) is 34.3 Å². The molecule has 0 amide bonds. The molecular formula is C44H82CuN18O2-6. The summed E-state index contributed by atoms with van der Waals surface area (Å²) in [4.78, 5) is 10.5.